The molecule has 0 spiro atoms. The van der Waals surface area contributed by atoms with Crippen molar-refractivity contribution in [2.75, 3.05) is 6.54 Å². The maximum absolute atomic E-state index is 12.6. The number of carbonyl (C=O) groups is 5. The van der Waals surface area contributed by atoms with Gasteiger partial charge in [-0.15, -0.1) is 0 Å². The quantitative estimate of drug-likeness (QED) is 0.157. The van der Waals surface area contributed by atoms with Gasteiger partial charge in [0.2, 0.25) is 17.7 Å². The first-order valence-corrected chi connectivity index (χ1v) is 10.6. The van der Waals surface area contributed by atoms with Crippen LogP contribution in [0.5, 0.6) is 0 Å². The van der Waals surface area contributed by atoms with E-state index in [-0.39, 0.29) is 18.8 Å². The molecule has 32 heavy (non-hydrogen) atoms. The van der Waals surface area contributed by atoms with Crippen molar-refractivity contribution in [2.24, 2.45) is 5.92 Å². The summed E-state index contributed by atoms with van der Waals surface area (Å²) in [4.78, 5) is 59.6. The number of carbonyl (C=O) groups excluding carboxylic acids is 3. The van der Waals surface area contributed by atoms with Gasteiger partial charge in [0, 0.05) is 6.42 Å². The highest BCUT2D eigenvalue weighted by Crippen LogP contribution is 2.04. The minimum absolute atomic E-state index is 0.0140. The Morgan fingerprint density at radius 2 is 1.38 bits per heavy atom. The van der Waals surface area contributed by atoms with Crippen LogP contribution in [0.15, 0.2) is 0 Å². The number of aliphatic carboxylic acids is 2. The molecule has 0 aromatic carbocycles. The summed E-state index contributed by atoms with van der Waals surface area (Å²) in [5.74, 6) is -4.93. The maximum Gasteiger partial charge on any atom is 0.326 e. The van der Waals surface area contributed by atoms with E-state index in [0.29, 0.717) is 13.0 Å². The second kappa shape index (κ2) is 14.4. The Hall–Kier alpha value is -2.73. The molecule has 0 aliphatic rings. The van der Waals surface area contributed by atoms with Gasteiger partial charge in [-0.1, -0.05) is 20.8 Å². The van der Waals surface area contributed by atoms with E-state index in [1.54, 1.807) is 13.8 Å². The second-order valence-corrected chi connectivity index (χ2v) is 7.96. The first kappa shape index (κ1) is 29.3. The van der Waals surface area contributed by atoms with Gasteiger partial charge in [-0.3, -0.25) is 19.2 Å². The molecule has 0 unspecified atom stereocenters. The van der Waals surface area contributed by atoms with Gasteiger partial charge in [-0.2, -0.15) is 0 Å². The van der Waals surface area contributed by atoms with Crippen LogP contribution in [0.1, 0.15) is 53.9 Å². The Kier molecular flexibility index (Phi) is 13.1. The number of carboxylic acids is 2. The first-order valence-electron chi connectivity index (χ1n) is 10.6. The van der Waals surface area contributed by atoms with Crippen LogP contribution in [-0.4, -0.2) is 81.8 Å². The Morgan fingerprint density at radius 1 is 0.812 bits per heavy atom. The molecule has 0 aliphatic carbocycles. The summed E-state index contributed by atoms with van der Waals surface area (Å²) in [6, 6.07) is -4.58. The molecule has 0 aliphatic heterocycles. The fraction of sp³-hybridized carbons (Fsp3) is 0.750. The summed E-state index contributed by atoms with van der Waals surface area (Å²) in [6.45, 7) is 8.17. The molecule has 0 heterocycles. The molecule has 12 nitrogen and oxygen atoms in total. The normalized spacial score (nSPS) is 15.7. The Labute approximate surface area is 187 Å². The predicted molar refractivity (Wildman–Crippen MR) is 115 cm³/mol. The minimum Gasteiger partial charge on any atom is -0.481 e. The molecule has 0 rings (SSSR count). The SMILES string of the molecule is CCCN[C@@H](CCC(=O)O)C(=O)N[C@H](C(=O)N[C@@H](C)C(=O)N[C@H](C(=O)O)C(C)C)[C@@H](C)O. The zero-order valence-electron chi connectivity index (χ0n) is 19.2. The number of hydrogen-bond acceptors (Lipinski definition) is 7. The van der Waals surface area contributed by atoms with Crippen molar-refractivity contribution in [3.8, 4) is 0 Å². The van der Waals surface area contributed by atoms with Crippen LogP contribution in [0.2, 0.25) is 0 Å². The Balaban J connectivity index is 5.18. The van der Waals surface area contributed by atoms with E-state index < -0.39 is 59.9 Å². The van der Waals surface area contributed by atoms with Crippen LogP contribution in [0.3, 0.4) is 0 Å². The molecule has 12 heteroatoms. The number of amides is 3. The van der Waals surface area contributed by atoms with Gasteiger partial charge in [0.1, 0.15) is 18.1 Å². The van der Waals surface area contributed by atoms with Crippen LogP contribution in [-0.2, 0) is 24.0 Å². The zero-order valence-corrected chi connectivity index (χ0v) is 19.2. The standard InChI is InChI=1S/C20H36N4O8/c1-6-9-21-13(7-8-14(26)27)18(29)24-16(12(5)25)19(30)22-11(4)17(28)23-15(10(2)3)20(31)32/h10-13,15-16,21,25H,6-9H2,1-5H3,(H,22,30)(H,23,28)(H,24,29)(H,26,27)(H,31,32)/t11-,12+,13-,15-,16-/m0/s1. The molecule has 0 aromatic heterocycles. The molecule has 0 saturated carbocycles. The smallest absolute Gasteiger partial charge is 0.326 e. The summed E-state index contributed by atoms with van der Waals surface area (Å²) in [5.41, 5.74) is 0. The second-order valence-electron chi connectivity index (χ2n) is 7.96. The molecule has 184 valence electrons. The third kappa shape index (κ3) is 10.5. The van der Waals surface area contributed by atoms with Crippen molar-refractivity contribution in [1.29, 1.82) is 0 Å². The van der Waals surface area contributed by atoms with Crippen molar-refractivity contribution < 1.29 is 39.3 Å². The molecule has 5 atom stereocenters. The number of nitrogens with one attached hydrogen (secondary N) is 4. The molecule has 0 bridgehead atoms. The predicted octanol–water partition coefficient (Wildman–Crippen LogP) is -1.18. The van der Waals surface area contributed by atoms with E-state index in [9.17, 15) is 34.2 Å². The summed E-state index contributed by atoms with van der Waals surface area (Å²) >= 11 is 0. The van der Waals surface area contributed by atoms with Crippen molar-refractivity contribution in [2.45, 2.75) is 84.2 Å². The topological polar surface area (TPSA) is 194 Å². The van der Waals surface area contributed by atoms with Crippen molar-refractivity contribution in [3.63, 3.8) is 0 Å². The van der Waals surface area contributed by atoms with E-state index in [1.807, 2.05) is 6.92 Å². The van der Waals surface area contributed by atoms with E-state index in [0.717, 1.165) is 0 Å². The Morgan fingerprint density at radius 3 is 1.81 bits per heavy atom. The maximum atomic E-state index is 12.6. The van der Waals surface area contributed by atoms with Crippen molar-refractivity contribution in [3.05, 3.63) is 0 Å². The first-order chi connectivity index (χ1) is 14.8. The average molecular weight is 461 g/mol. The third-order valence-corrected chi connectivity index (χ3v) is 4.65. The van der Waals surface area contributed by atoms with E-state index in [1.165, 1.54) is 13.8 Å². The van der Waals surface area contributed by atoms with Gasteiger partial charge in [0.15, 0.2) is 0 Å². The molecule has 7 N–H and O–H groups in total. The molecular weight excluding hydrogens is 424 g/mol. The van der Waals surface area contributed by atoms with Crippen molar-refractivity contribution in [1.82, 2.24) is 21.3 Å². The third-order valence-electron chi connectivity index (χ3n) is 4.65. The number of hydrogen-bond donors (Lipinski definition) is 7. The molecule has 0 aromatic rings. The van der Waals surface area contributed by atoms with Gasteiger partial charge in [0.25, 0.3) is 0 Å². The van der Waals surface area contributed by atoms with Crippen LogP contribution in [0.4, 0.5) is 0 Å². The van der Waals surface area contributed by atoms with Gasteiger partial charge in [-0.05, 0) is 39.2 Å². The minimum atomic E-state index is -1.41. The molecular formula is C20H36N4O8. The number of aliphatic hydroxyl groups excluding tert-OH is 1. The van der Waals surface area contributed by atoms with E-state index >= 15 is 0 Å². The number of carboxylic acid groups (broad SMARTS) is 2. The summed E-state index contributed by atoms with van der Waals surface area (Å²) < 4.78 is 0. The van der Waals surface area contributed by atoms with E-state index in [2.05, 4.69) is 21.3 Å². The summed E-state index contributed by atoms with van der Waals surface area (Å²) in [6.07, 6.45) is -0.904. The van der Waals surface area contributed by atoms with Gasteiger partial charge in [-0.25, -0.2) is 4.79 Å². The largest absolute Gasteiger partial charge is 0.481 e. The number of aliphatic hydroxyl groups is 1. The summed E-state index contributed by atoms with van der Waals surface area (Å²) in [5, 5.41) is 38.0. The molecule has 0 fully saturated rings. The van der Waals surface area contributed by atoms with E-state index in [4.69, 9.17) is 5.11 Å². The highest BCUT2D eigenvalue weighted by atomic mass is 16.4. The van der Waals surface area contributed by atoms with Crippen molar-refractivity contribution >= 4 is 29.7 Å². The van der Waals surface area contributed by atoms with Crippen LogP contribution in [0, 0.1) is 5.92 Å². The van der Waals surface area contributed by atoms with Crippen LogP contribution >= 0.6 is 0 Å². The number of rotatable bonds is 15. The lowest BCUT2D eigenvalue weighted by molar-refractivity contribution is -0.143. The highest BCUT2D eigenvalue weighted by molar-refractivity contribution is 5.94. The zero-order chi connectivity index (χ0) is 25.0. The molecule has 0 radical (unpaired) electrons. The molecule has 3 amide bonds. The monoisotopic (exact) mass is 460 g/mol. The Bertz CT molecular complexity index is 668. The summed E-state index contributed by atoms with van der Waals surface area (Å²) in [7, 11) is 0. The van der Waals surface area contributed by atoms with Gasteiger partial charge >= 0.3 is 11.9 Å². The highest BCUT2D eigenvalue weighted by Gasteiger charge is 2.32. The van der Waals surface area contributed by atoms with Gasteiger partial charge < -0.3 is 36.6 Å². The van der Waals surface area contributed by atoms with Crippen LogP contribution in [0.25, 0.3) is 0 Å². The van der Waals surface area contributed by atoms with Crippen LogP contribution < -0.4 is 21.3 Å². The lowest BCUT2D eigenvalue weighted by atomic mass is 10.0. The lowest BCUT2D eigenvalue weighted by Crippen LogP contribution is -2.59. The molecule has 0 saturated heterocycles. The van der Waals surface area contributed by atoms with Gasteiger partial charge in [0.05, 0.1) is 12.1 Å². The fourth-order valence-corrected chi connectivity index (χ4v) is 2.73. The lowest BCUT2D eigenvalue weighted by Gasteiger charge is -2.26. The average Bonchev–Trinajstić information content (AvgIpc) is 2.68. The fourth-order valence-electron chi connectivity index (χ4n) is 2.73.